The van der Waals surface area contributed by atoms with Crippen LogP contribution in [0, 0.1) is 6.92 Å². The van der Waals surface area contributed by atoms with Crippen LogP contribution in [-0.4, -0.2) is 43.5 Å². The lowest BCUT2D eigenvalue weighted by atomic mass is 10.6. The van der Waals surface area contributed by atoms with Gasteiger partial charge in [-0.25, -0.2) is 0 Å². The first-order valence-electron chi connectivity index (χ1n) is 2.90. The zero-order chi connectivity index (χ0) is 7.28. The first-order valence-corrected chi connectivity index (χ1v) is 2.90. The largest absolute Gasteiger partial charge is 0.394 e. The summed E-state index contributed by atoms with van der Waals surface area (Å²) in [5.41, 5.74) is 0. The number of ether oxygens (including phenoxy) is 1. The van der Waals surface area contributed by atoms with Gasteiger partial charge in [-0.3, -0.25) is 4.90 Å². The summed E-state index contributed by atoms with van der Waals surface area (Å²) in [7, 11) is 3.74. The van der Waals surface area contributed by atoms with Gasteiger partial charge in [-0.2, -0.15) is 0 Å². The van der Waals surface area contributed by atoms with Crippen molar-refractivity contribution in [2.24, 2.45) is 0 Å². The molecule has 0 saturated carbocycles. The quantitative estimate of drug-likeness (QED) is 0.534. The van der Waals surface area contributed by atoms with Crippen LogP contribution in [-0.2, 0) is 4.74 Å². The van der Waals surface area contributed by atoms with Crippen molar-refractivity contribution in [1.82, 2.24) is 4.90 Å². The van der Waals surface area contributed by atoms with E-state index in [0.717, 1.165) is 0 Å². The number of aliphatic hydroxyl groups is 1. The standard InChI is InChI=1S/C6H14NO2/c1-6(7(2)3)9-5-4-8/h6,8H,1,4-5H2,2-3H3. The van der Waals surface area contributed by atoms with E-state index >= 15 is 0 Å². The number of hydrogen-bond acceptors (Lipinski definition) is 3. The smallest absolute Gasteiger partial charge is 0.110 e. The minimum Gasteiger partial charge on any atom is -0.394 e. The van der Waals surface area contributed by atoms with Gasteiger partial charge in [0.2, 0.25) is 0 Å². The van der Waals surface area contributed by atoms with Crippen molar-refractivity contribution in [3.8, 4) is 0 Å². The van der Waals surface area contributed by atoms with Crippen LogP contribution in [0.1, 0.15) is 0 Å². The van der Waals surface area contributed by atoms with E-state index in [1.165, 1.54) is 0 Å². The molecule has 1 unspecified atom stereocenters. The maximum absolute atomic E-state index is 8.33. The first kappa shape index (κ1) is 8.88. The van der Waals surface area contributed by atoms with Crippen molar-refractivity contribution in [2.45, 2.75) is 6.23 Å². The molecule has 9 heavy (non-hydrogen) atoms. The van der Waals surface area contributed by atoms with Gasteiger partial charge in [-0.1, -0.05) is 0 Å². The molecule has 0 heterocycles. The van der Waals surface area contributed by atoms with Gasteiger partial charge >= 0.3 is 0 Å². The Hall–Kier alpha value is -0.120. The summed E-state index contributed by atoms with van der Waals surface area (Å²) >= 11 is 0. The Bertz CT molecular complexity index is 66.1. The van der Waals surface area contributed by atoms with E-state index in [1.54, 1.807) is 0 Å². The third-order valence-electron chi connectivity index (χ3n) is 0.977. The zero-order valence-electron chi connectivity index (χ0n) is 6.00. The molecule has 1 radical (unpaired) electrons. The van der Waals surface area contributed by atoms with Gasteiger partial charge in [0.1, 0.15) is 6.23 Å². The molecular weight excluding hydrogens is 118 g/mol. The zero-order valence-corrected chi connectivity index (χ0v) is 6.00. The van der Waals surface area contributed by atoms with E-state index in [9.17, 15) is 0 Å². The summed E-state index contributed by atoms with van der Waals surface area (Å²) in [6.45, 7) is 4.08. The molecule has 0 bridgehead atoms. The summed E-state index contributed by atoms with van der Waals surface area (Å²) in [5.74, 6) is 0. The van der Waals surface area contributed by atoms with Gasteiger partial charge in [0.25, 0.3) is 0 Å². The van der Waals surface area contributed by atoms with Gasteiger partial charge in [-0.05, 0) is 21.0 Å². The Morgan fingerprint density at radius 3 is 2.56 bits per heavy atom. The number of nitrogens with zero attached hydrogens (tertiary/aromatic N) is 1. The maximum Gasteiger partial charge on any atom is 0.110 e. The van der Waals surface area contributed by atoms with Crippen molar-refractivity contribution in [3.63, 3.8) is 0 Å². The molecule has 0 rings (SSSR count). The topological polar surface area (TPSA) is 32.7 Å². The van der Waals surface area contributed by atoms with Crippen molar-refractivity contribution in [2.75, 3.05) is 27.3 Å². The highest BCUT2D eigenvalue weighted by atomic mass is 16.5. The van der Waals surface area contributed by atoms with E-state index in [2.05, 4.69) is 6.92 Å². The van der Waals surface area contributed by atoms with Crippen molar-refractivity contribution in [1.29, 1.82) is 0 Å². The molecular formula is C6H14NO2. The summed E-state index contributed by atoms with van der Waals surface area (Å²) in [6, 6.07) is 0. The van der Waals surface area contributed by atoms with Crippen LogP contribution >= 0.6 is 0 Å². The molecule has 0 aliphatic heterocycles. The minimum absolute atomic E-state index is 0.0554. The van der Waals surface area contributed by atoms with Crippen LogP contribution < -0.4 is 0 Å². The lowest BCUT2D eigenvalue weighted by molar-refractivity contribution is -0.0193. The Balaban J connectivity index is 3.16. The highest BCUT2D eigenvalue weighted by molar-refractivity contribution is 4.54. The molecule has 1 N–H and O–H groups in total. The fourth-order valence-corrected chi connectivity index (χ4v) is 0.338. The highest BCUT2D eigenvalue weighted by Gasteiger charge is 2.01. The van der Waals surface area contributed by atoms with Gasteiger partial charge in [0.15, 0.2) is 0 Å². The number of hydrogen-bond donors (Lipinski definition) is 1. The van der Waals surface area contributed by atoms with Crippen molar-refractivity contribution >= 4 is 0 Å². The molecule has 0 amide bonds. The molecule has 0 aromatic heterocycles. The van der Waals surface area contributed by atoms with Crippen LogP contribution in [0.4, 0.5) is 0 Å². The lowest BCUT2D eigenvalue weighted by Crippen LogP contribution is -2.28. The summed E-state index contributed by atoms with van der Waals surface area (Å²) in [4.78, 5) is 1.83. The lowest BCUT2D eigenvalue weighted by Gasteiger charge is -2.18. The third kappa shape index (κ3) is 4.39. The molecule has 55 valence electrons. The summed E-state index contributed by atoms with van der Waals surface area (Å²) in [5, 5.41) is 8.33. The molecule has 1 atom stereocenters. The van der Waals surface area contributed by atoms with Crippen molar-refractivity contribution < 1.29 is 9.84 Å². The molecule has 0 aliphatic carbocycles. The predicted molar refractivity (Wildman–Crippen MR) is 35.9 cm³/mol. The van der Waals surface area contributed by atoms with E-state index in [0.29, 0.717) is 6.61 Å². The maximum atomic E-state index is 8.33. The first-order chi connectivity index (χ1) is 4.18. The van der Waals surface area contributed by atoms with Crippen LogP contribution in [0.2, 0.25) is 0 Å². The fourth-order valence-electron chi connectivity index (χ4n) is 0.338. The monoisotopic (exact) mass is 132 g/mol. The van der Waals surface area contributed by atoms with Gasteiger partial charge in [-0.15, -0.1) is 0 Å². The Labute approximate surface area is 56.2 Å². The average Bonchev–Trinajstić information content (AvgIpc) is 1.82. The molecule has 0 aromatic carbocycles. The minimum atomic E-state index is -0.155. The predicted octanol–water partition coefficient (Wildman–Crippen LogP) is -0.283. The molecule has 0 aromatic rings. The molecule has 0 fully saturated rings. The van der Waals surface area contributed by atoms with Crippen LogP contribution in [0.5, 0.6) is 0 Å². The van der Waals surface area contributed by atoms with Crippen LogP contribution in [0.15, 0.2) is 0 Å². The number of aliphatic hydroxyl groups excluding tert-OH is 1. The van der Waals surface area contributed by atoms with E-state index in [4.69, 9.17) is 9.84 Å². The average molecular weight is 132 g/mol. The van der Waals surface area contributed by atoms with E-state index in [-0.39, 0.29) is 12.8 Å². The molecule has 0 spiro atoms. The van der Waals surface area contributed by atoms with E-state index < -0.39 is 0 Å². The van der Waals surface area contributed by atoms with Crippen molar-refractivity contribution in [3.05, 3.63) is 6.92 Å². The molecule has 3 nitrogen and oxygen atoms in total. The second-order valence-corrected chi connectivity index (χ2v) is 2.01. The Kier molecular flexibility index (Phi) is 4.67. The normalized spacial score (nSPS) is 14.3. The second-order valence-electron chi connectivity index (χ2n) is 2.01. The van der Waals surface area contributed by atoms with Crippen LogP contribution in [0.3, 0.4) is 0 Å². The van der Waals surface area contributed by atoms with Gasteiger partial charge in [0, 0.05) is 0 Å². The molecule has 0 saturated heterocycles. The Morgan fingerprint density at radius 2 is 2.22 bits per heavy atom. The highest BCUT2D eigenvalue weighted by Crippen LogP contribution is 1.91. The molecule has 3 heteroatoms. The second kappa shape index (κ2) is 4.73. The SMILES string of the molecule is [CH2]C(OCCO)N(C)C. The third-order valence-corrected chi connectivity index (χ3v) is 0.977. The summed E-state index contributed by atoms with van der Waals surface area (Å²) < 4.78 is 5.02. The number of rotatable bonds is 4. The van der Waals surface area contributed by atoms with E-state index in [1.807, 2.05) is 19.0 Å². The van der Waals surface area contributed by atoms with Crippen LogP contribution in [0.25, 0.3) is 0 Å². The summed E-state index contributed by atoms with van der Waals surface area (Å²) in [6.07, 6.45) is -0.155. The Morgan fingerprint density at radius 1 is 1.67 bits per heavy atom. The van der Waals surface area contributed by atoms with Gasteiger partial charge in [0.05, 0.1) is 13.2 Å². The van der Waals surface area contributed by atoms with Gasteiger partial charge < -0.3 is 9.84 Å². The fraction of sp³-hybridized carbons (Fsp3) is 0.833. The molecule has 0 aliphatic rings.